The summed E-state index contributed by atoms with van der Waals surface area (Å²) in [6.07, 6.45) is 6.46. The number of nitrogens with zero attached hydrogens (tertiary/aromatic N) is 2. The Bertz CT molecular complexity index is 677. The van der Waals surface area contributed by atoms with Crippen LogP contribution in [-0.2, 0) is 14.4 Å². The second-order valence-electron chi connectivity index (χ2n) is 7.50. The molecule has 1 aromatic carbocycles. The molecular formula is C21H30N2O5. The zero-order valence-corrected chi connectivity index (χ0v) is 16.9. The summed E-state index contributed by atoms with van der Waals surface area (Å²) >= 11 is 0. The summed E-state index contributed by atoms with van der Waals surface area (Å²) in [6.45, 7) is 5.00. The third kappa shape index (κ3) is 5.61. The molecule has 0 bridgehead atoms. The number of oxime groups is 1. The Hall–Kier alpha value is -2.28. The van der Waals surface area contributed by atoms with Gasteiger partial charge < -0.3 is 23.9 Å². The number of rotatable bonds is 7. The summed E-state index contributed by atoms with van der Waals surface area (Å²) < 4.78 is 17.1. The average molecular weight is 390 g/mol. The lowest BCUT2D eigenvalue weighted by molar-refractivity contribution is -0.147. The summed E-state index contributed by atoms with van der Waals surface area (Å²) in [6, 6.07) is 5.62. The molecule has 0 aromatic heterocycles. The van der Waals surface area contributed by atoms with Crippen molar-refractivity contribution in [2.45, 2.75) is 57.8 Å². The maximum absolute atomic E-state index is 12.3. The molecular weight excluding hydrogens is 360 g/mol. The lowest BCUT2D eigenvalue weighted by atomic mass is 10.2. The monoisotopic (exact) mass is 390 g/mol. The van der Waals surface area contributed by atoms with Crippen molar-refractivity contribution in [3.8, 4) is 11.5 Å². The summed E-state index contributed by atoms with van der Waals surface area (Å²) in [4.78, 5) is 19.2. The Morgan fingerprint density at radius 1 is 1.21 bits per heavy atom. The molecule has 1 saturated carbocycles. The van der Waals surface area contributed by atoms with Crippen LogP contribution in [0.1, 0.15) is 45.1 Å². The third-order valence-electron chi connectivity index (χ3n) is 5.02. The number of methoxy groups -OCH3 is 1. The van der Waals surface area contributed by atoms with E-state index in [1.807, 2.05) is 32.0 Å². The van der Waals surface area contributed by atoms with Crippen molar-refractivity contribution in [2.24, 2.45) is 5.16 Å². The highest BCUT2D eigenvalue weighted by Crippen LogP contribution is 2.32. The first-order valence-corrected chi connectivity index (χ1v) is 9.98. The Kier molecular flexibility index (Phi) is 7.14. The summed E-state index contributed by atoms with van der Waals surface area (Å²) in [5, 5.41) is 3.94. The van der Waals surface area contributed by atoms with E-state index in [1.54, 1.807) is 18.2 Å². The maximum atomic E-state index is 12.3. The molecule has 0 spiro atoms. The van der Waals surface area contributed by atoms with Crippen molar-refractivity contribution in [3.63, 3.8) is 0 Å². The third-order valence-corrected chi connectivity index (χ3v) is 5.02. The molecule has 7 heteroatoms. The van der Waals surface area contributed by atoms with Crippen molar-refractivity contribution in [1.82, 2.24) is 4.90 Å². The number of ether oxygens (including phenoxy) is 3. The first kappa shape index (κ1) is 20.5. The largest absolute Gasteiger partial charge is 0.493 e. The van der Waals surface area contributed by atoms with Gasteiger partial charge in [-0.2, -0.15) is 0 Å². The highest BCUT2D eigenvalue weighted by molar-refractivity contribution is 5.81. The molecule has 2 unspecified atom stereocenters. The smallest absolute Gasteiger partial charge is 0.263 e. The van der Waals surface area contributed by atoms with Gasteiger partial charge in [0.15, 0.2) is 18.1 Å². The van der Waals surface area contributed by atoms with Crippen LogP contribution in [0.15, 0.2) is 23.4 Å². The van der Waals surface area contributed by atoms with E-state index >= 15 is 0 Å². The quantitative estimate of drug-likeness (QED) is 0.529. The minimum absolute atomic E-state index is 0.0359. The molecule has 28 heavy (non-hydrogen) atoms. The second kappa shape index (κ2) is 9.78. The van der Waals surface area contributed by atoms with Gasteiger partial charge >= 0.3 is 0 Å². The molecule has 2 atom stereocenters. The number of morpholine rings is 1. The molecule has 1 aliphatic heterocycles. The van der Waals surface area contributed by atoms with Gasteiger partial charge in [0.1, 0.15) is 0 Å². The van der Waals surface area contributed by atoms with Crippen LogP contribution in [0.4, 0.5) is 0 Å². The molecule has 154 valence electrons. The molecule has 1 amide bonds. The van der Waals surface area contributed by atoms with Crippen LogP contribution in [0, 0.1) is 0 Å². The summed E-state index contributed by atoms with van der Waals surface area (Å²) in [7, 11) is 1.63. The van der Waals surface area contributed by atoms with E-state index in [-0.39, 0.29) is 30.8 Å². The van der Waals surface area contributed by atoms with Crippen LogP contribution in [0.5, 0.6) is 11.5 Å². The van der Waals surface area contributed by atoms with Gasteiger partial charge in [0, 0.05) is 18.7 Å². The number of carbonyl (C=O) groups excluding carboxylic acids is 1. The van der Waals surface area contributed by atoms with Crippen LogP contribution < -0.4 is 9.47 Å². The van der Waals surface area contributed by atoms with Crippen molar-refractivity contribution in [1.29, 1.82) is 0 Å². The normalized spacial score (nSPS) is 23.2. The van der Waals surface area contributed by atoms with Gasteiger partial charge in [-0.25, -0.2) is 0 Å². The topological polar surface area (TPSA) is 69.6 Å². The predicted molar refractivity (Wildman–Crippen MR) is 106 cm³/mol. The van der Waals surface area contributed by atoms with Crippen molar-refractivity contribution in [3.05, 3.63) is 23.8 Å². The Balaban J connectivity index is 1.52. The minimum atomic E-state index is -0.0858. The van der Waals surface area contributed by atoms with Gasteiger partial charge in [-0.05, 0) is 57.7 Å². The molecule has 2 fully saturated rings. The highest BCUT2D eigenvalue weighted by atomic mass is 16.6. The second-order valence-corrected chi connectivity index (χ2v) is 7.50. The maximum Gasteiger partial charge on any atom is 0.263 e. The molecule has 1 saturated heterocycles. The van der Waals surface area contributed by atoms with Gasteiger partial charge in [-0.3, -0.25) is 4.79 Å². The van der Waals surface area contributed by atoms with E-state index in [0.717, 1.165) is 18.4 Å². The number of hydrogen-bond donors (Lipinski definition) is 0. The highest BCUT2D eigenvalue weighted by Gasteiger charge is 2.26. The zero-order chi connectivity index (χ0) is 19.9. The number of amides is 1. The lowest BCUT2D eigenvalue weighted by Gasteiger charge is -2.34. The Labute approximate surface area is 166 Å². The first-order chi connectivity index (χ1) is 13.5. The summed E-state index contributed by atoms with van der Waals surface area (Å²) in [5.41, 5.74) is 0.829. The molecule has 0 radical (unpaired) electrons. The van der Waals surface area contributed by atoms with Crippen LogP contribution >= 0.6 is 0 Å². The predicted octanol–water partition coefficient (Wildman–Crippen LogP) is 3.00. The Morgan fingerprint density at radius 3 is 2.61 bits per heavy atom. The van der Waals surface area contributed by atoms with E-state index < -0.39 is 0 Å². The van der Waals surface area contributed by atoms with Gasteiger partial charge in [-0.1, -0.05) is 5.16 Å². The van der Waals surface area contributed by atoms with E-state index in [1.165, 1.54) is 12.8 Å². The SMILES string of the molecule is COc1ccc(/C=N/OCC(=O)N2CC(C)OC(C)C2)cc1OC1CCCC1. The lowest BCUT2D eigenvalue weighted by Crippen LogP contribution is -2.49. The van der Waals surface area contributed by atoms with Crippen LogP contribution in [0.2, 0.25) is 0 Å². The Morgan fingerprint density at radius 2 is 1.93 bits per heavy atom. The van der Waals surface area contributed by atoms with E-state index in [0.29, 0.717) is 24.6 Å². The number of carbonyl (C=O) groups is 1. The van der Waals surface area contributed by atoms with E-state index in [4.69, 9.17) is 19.0 Å². The molecule has 1 heterocycles. The molecule has 7 nitrogen and oxygen atoms in total. The van der Waals surface area contributed by atoms with Crippen molar-refractivity contribution < 1.29 is 23.8 Å². The minimum Gasteiger partial charge on any atom is -0.493 e. The molecule has 1 aliphatic carbocycles. The summed E-state index contributed by atoms with van der Waals surface area (Å²) in [5.74, 6) is 1.33. The molecule has 1 aromatic rings. The molecule has 3 rings (SSSR count). The van der Waals surface area contributed by atoms with Gasteiger partial charge in [0.2, 0.25) is 0 Å². The number of hydrogen-bond acceptors (Lipinski definition) is 6. The van der Waals surface area contributed by atoms with E-state index in [9.17, 15) is 4.79 Å². The molecule has 0 N–H and O–H groups in total. The standard InChI is InChI=1S/C21H30N2O5/c1-15-12-23(13-16(2)27-15)21(24)14-26-22-11-17-8-9-19(25-3)20(10-17)28-18-6-4-5-7-18/h8-11,15-16,18H,4-7,12-14H2,1-3H3/b22-11+. The molecule has 2 aliphatic rings. The fraction of sp³-hybridized carbons (Fsp3) is 0.619. The zero-order valence-electron chi connectivity index (χ0n) is 16.9. The van der Waals surface area contributed by atoms with Crippen LogP contribution in [0.25, 0.3) is 0 Å². The van der Waals surface area contributed by atoms with Crippen molar-refractivity contribution in [2.75, 3.05) is 26.8 Å². The fourth-order valence-electron chi connectivity index (χ4n) is 3.71. The van der Waals surface area contributed by atoms with E-state index in [2.05, 4.69) is 5.16 Å². The number of benzene rings is 1. The van der Waals surface area contributed by atoms with Crippen molar-refractivity contribution >= 4 is 12.1 Å². The fourth-order valence-corrected chi connectivity index (χ4v) is 3.71. The van der Waals surface area contributed by atoms with Gasteiger partial charge in [-0.15, -0.1) is 0 Å². The first-order valence-electron chi connectivity index (χ1n) is 9.98. The van der Waals surface area contributed by atoms with Gasteiger partial charge in [0.25, 0.3) is 5.91 Å². The van der Waals surface area contributed by atoms with Gasteiger partial charge in [0.05, 0.1) is 31.6 Å². The van der Waals surface area contributed by atoms with Crippen LogP contribution in [-0.4, -0.2) is 62.1 Å². The van der Waals surface area contributed by atoms with Crippen LogP contribution in [0.3, 0.4) is 0 Å². The average Bonchev–Trinajstić information content (AvgIpc) is 3.17.